The molecule has 6 aromatic rings. The van der Waals surface area contributed by atoms with Gasteiger partial charge in [-0.1, -0.05) is 24.3 Å². The molecule has 20 heteroatoms. The van der Waals surface area contributed by atoms with E-state index in [1.165, 1.54) is 79.6 Å². The van der Waals surface area contributed by atoms with Crippen LogP contribution in [0.2, 0.25) is 0 Å². The number of aryl methyl sites for hydroxylation is 2. The minimum atomic E-state index is -5.18. The summed E-state index contributed by atoms with van der Waals surface area (Å²) in [6, 6.07) is 9.66. The van der Waals surface area contributed by atoms with Crippen LogP contribution in [0.5, 0.6) is 11.5 Å². The van der Waals surface area contributed by atoms with Crippen LogP contribution in [0.1, 0.15) is 21.5 Å². The molecule has 312 valence electrons. The summed E-state index contributed by atoms with van der Waals surface area (Å²) in [4.78, 5) is 64.4. The van der Waals surface area contributed by atoms with E-state index < -0.39 is 83.7 Å². The molecule has 0 radical (unpaired) electrons. The number of anilines is 1. The van der Waals surface area contributed by atoms with Gasteiger partial charge < -0.3 is 24.4 Å². The monoisotopic (exact) mass is 840 g/mol. The van der Waals surface area contributed by atoms with Crippen molar-refractivity contribution in [2.75, 3.05) is 24.7 Å². The summed E-state index contributed by atoms with van der Waals surface area (Å²) in [5, 5.41) is 2.81. The largest absolute Gasteiger partial charge is 0.573 e. The van der Waals surface area contributed by atoms with E-state index in [0.717, 1.165) is 27.7 Å². The van der Waals surface area contributed by atoms with Crippen molar-refractivity contribution < 1.29 is 54.5 Å². The number of morpholine rings is 1. The molecule has 1 N–H and O–H groups in total. The number of nitrogens with zero attached hydrogens (tertiary/aromatic N) is 5. The molecule has 1 fully saturated rings. The van der Waals surface area contributed by atoms with Crippen molar-refractivity contribution in [1.29, 1.82) is 0 Å². The summed E-state index contributed by atoms with van der Waals surface area (Å²) in [5.41, 5.74) is -1.69. The van der Waals surface area contributed by atoms with E-state index in [9.17, 15) is 45.5 Å². The number of carbonyl (C=O) groups is 2. The highest BCUT2D eigenvalue weighted by atomic mass is 19.4. The number of ether oxygens (including phenoxy) is 3. The minimum absolute atomic E-state index is 0.0471. The number of carbonyl (C=O) groups excluding carboxylic acids is 2. The fraction of sp³-hybridized carbons (Fsp3) is 0.250. The van der Waals surface area contributed by atoms with Crippen molar-refractivity contribution >= 4 is 39.4 Å². The Hall–Kier alpha value is -6.83. The molecule has 0 saturated carbocycles. The number of halogens is 7. The maximum absolute atomic E-state index is 15.9. The molecule has 0 spiro atoms. The summed E-state index contributed by atoms with van der Waals surface area (Å²) in [7, 11) is 1.45. The third-order valence-corrected chi connectivity index (χ3v) is 9.79. The Kier molecular flexibility index (Phi) is 11.1. The number of esters is 1. The van der Waals surface area contributed by atoms with Crippen LogP contribution in [0.3, 0.4) is 0 Å². The molecule has 1 unspecified atom stereocenters. The second kappa shape index (κ2) is 16.1. The number of hydrogen-bond acceptors (Lipinski definition) is 10. The molecule has 2 atom stereocenters. The van der Waals surface area contributed by atoms with Gasteiger partial charge in [-0.3, -0.25) is 24.1 Å². The molecule has 1 aliphatic heterocycles. The molecule has 1 amide bonds. The van der Waals surface area contributed by atoms with Gasteiger partial charge in [0, 0.05) is 43.5 Å². The van der Waals surface area contributed by atoms with Gasteiger partial charge >= 0.3 is 24.2 Å². The van der Waals surface area contributed by atoms with Crippen LogP contribution in [0.4, 0.5) is 36.4 Å². The lowest BCUT2D eigenvalue weighted by Crippen LogP contribution is -2.53. The summed E-state index contributed by atoms with van der Waals surface area (Å²) < 4.78 is 114. The van der Waals surface area contributed by atoms with E-state index in [4.69, 9.17) is 9.47 Å². The molecular weight excluding hydrogens is 809 g/mol. The van der Waals surface area contributed by atoms with E-state index in [0.29, 0.717) is 0 Å². The van der Waals surface area contributed by atoms with Crippen molar-refractivity contribution in [3.63, 3.8) is 0 Å². The molecule has 60 heavy (non-hydrogen) atoms. The van der Waals surface area contributed by atoms with Gasteiger partial charge in [-0.25, -0.2) is 18.5 Å². The maximum atomic E-state index is 15.9. The fourth-order valence-corrected chi connectivity index (χ4v) is 7.01. The average Bonchev–Trinajstić information content (AvgIpc) is 3.20. The standard InChI is InChI=1S/C40H31F7N6O7/c1-21-16-23(52-14-15-58-20-32(52)39(42,43)44)18-26(41)33(21)35(54)50-27(37(56)59-30-7-3-4-8-31(30)60-40(45,46)47)17-22-9-10-28(34-24(22)6-5-12-49-34)53-36(55)25-11-13-48-19-29(25)51(2)38(53)57/h3-13,16,18-19,27,32H,14-15,17,20H2,1-2H3,(H,50,54)/t27?,32-/m1/s1. The molecule has 3 aromatic carbocycles. The SMILES string of the molecule is Cc1cc(N2CCOC[C@@H]2C(F)(F)F)cc(F)c1C(=O)NC(Cc1ccc(-n2c(=O)c3ccncc3n(C)c2=O)c2ncccc12)C(=O)Oc1ccccc1OC(F)(F)F. The number of nitrogens with one attached hydrogen (secondary N) is 1. The molecule has 3 aromatic heterocycles. The number of benzene rings is 3. The van der Waals surface area contributed by atoms with Crippen molar-refractivity contribution in [1.82, 2.24) is 24.4 Å². The molecule has 4 heterocycles. The van der Waals surface area contributed by atoms with E-state index >= 15 is 4.39 Å². The quantitative estimate of drug-likeness (QED) is 0.109. The normalized spacial score (nSPS) is 15.2. The number of rotatable bonds is 9. The van der Waals surface area contributed by atoms with Gasteiger partial charge in [0.1, 0.15) is 17.9 Å². The first-order valence-electron chi connectivity index (χ1n) is 17.9. The Labute approximate surface area is 333 Å². The number of para-hydroxylation sites is 2. The number of pyridine rings is 2. The molecule has 0 aliphatic carbocycles. The van der Waals surface area contributed by atoms with E-state index in [1.54, 1.807) is 6.07 Å². The van der Waals surface area contributed by atoms with Crippen LogP contribution < -0.4 is 30.9 Å². The van der Waals surface area contributed by atoms with E-state index in [-0.39, 0.29) is 57.5 Å². The Balaban J connectivity index is 1.28. The molecule has 1 aliphatic rings. The number of aromatic nitrogens is 4. The number of hydrogen-bond donors (Lipinski definition) is 1. The summed E-state index contributed by atoms with van der Waals surface area (Å²) in [6.07, 6.45) is -6.27. The van der Waals surface area contributed by atoms with Gasteiger partial charge in [0.05, 0.1) is 47.1 Å². The second-order valence-electron chi connectivity index (χ2n) is 13.6. The Morgan fingerprint density at radius 2 is 1.72 bits per heavy atom. The van der Waals surface area contributed by atoms with Gasteiger partial charge in [-0.2, -0.15) is 13.2 Å². The zero-order valence-corrected chi connectivity index (χ0v) is 31.3. The first-order chi connectivity index (χ1) is 28.4. The third-order valence-electron chi connectivity index (χ3n) is 9.79. The van der Waals surface area contributed by atoms with Crippen molar-refractivity contribution in [3.8, 4) is 17.2 Å². The predicted molar refractivity (Wildman–Crippen MR) is 201 cm³/mol. The first kappa shape index (κ1) is 41.3. The minimum Gasteiger partial charge on any atom is -0.421 e. The molecule has 1 saturated heterocycles. The van der Waals surface area contributed by atoms with Gasteiger partial charge in [0.25, 0.3) is 11.5 Å². The van der Waals surface area contributed by atoms with E-state index in [2.05, 4.69) is 20.0 Å². The van der Waals surface area contributed by atoms with Gasteiger partial charge in [-0.05, 0) is 60.5 Å². The van der Waals surface area contributed by atoms with Gasteiger partial charge in [0.15, 0.2) is 11.5 Å². The molecule has 7 rings (SSSR count). The Morgan fingerprint density at radius 1 is 0.967 bits per heavy atom. The van der Waals surface area contributed by atoms with E-state index in [1.807, 2.05) is 0 Å². The van der Waals surface area contributed by atoms with Crippen LogP contribution in [0, 0.1) is 12.7 Å². The molecule has 13 nitrogen and oxygen atoms in total. The Bertz CT molecular complexity index is 2750. The van der Waals surface area contributed by atoms with Crippen LogP contribution in [0.15, 0.2) is 94.9 Å². The molecular formula is C40H31F7N6O7. The number of amides is 1. The lowest BCUT2D eigenvalue weighted by Gasteiger charge is -2.38. The fourth-order valence-electron chi connectivity index (χ4n) is 7.01. The topological polar surface area (TPSA) is 147 Å². The summed E-state index contributed by atoms with van der Waals surface area (Å²) in [6.45, 7) is 0.266. The van der Waals surface area contributed by atoms with Crippen molar-refractivity contribution in [3.05, 3.63) is 129 Å². The summed E-state index contributed by atoms with van der Waals surface area (Å²) >= 11 is 0. The predicted octanol–water partition coefficient (Wildman–Crippen LogP) is 5.69. The van der Waals surface area contributed by atoms with Gasteiger partial charge in [0.2, 0.25) is 0 Å². The number of alkyl halides is 6. The highest BCUT2D eigenvalue weighted by Gasteiger charge is 2.46. The lowest BCUT2D eigenvalue weighted by atomic mass is 9.99. The smallest absolute Gasteiger partial charge is 0.421 e. The molecule has 0 bridgehead atoms. The highest BCUT2D eigenvalue weighted by Crippen LogP contribution is 2.35. The van der Waals surface area contributed by atoms with Crippen molar-refractivity contribution in [2.24, 2.45) is 7.05 Å². The van der Waals surface area contributed by atoms with Crippen LogP contribution >= 0.6 is 0 Å². The average molecular weight is 841 g/mol. The lowest BCUT2D eigenvalue weighted by molar-refractivity contribution is -0.275. The highest BCUT2D eigenvalue weighted by molar-refractivity contribution is 5.99. The summed E-state index contributed by atoms with van der Waals surface area (Å²) in [5.74, 6) is -5.35. The maximum Gasteiger partial charge on any atom is 0.573 e. The Morgan fingerprint density at radius 3 is 2.43 bits per heavy atom. The number of fused-ring (bicyclic) bond motifs is 2. The van der Waals surface area contributed by atoms with Crippen LogP contribution in [-0.2, 0) is 23.0 Å². The first-order valence-corrected chi connectivity index (χ1v) is 17.9. The third kappa shape index (κ3) is 8.22. The van der Waals surface area contributed by atoms with Gasteiger partial charge in [-0.15, -0.1) is 13.2 Å². The van der Waals surface area contributed by atoms with Crippen molar-refractivity contribution in [2.45, 2.75) is 38.0 Å². The zero-order chi connectivity index (χ0) is 43.1. The zero-order valence-electron chi connectivity index (χ0n) is 31.3. The van der Waals surface area contributed by atoms with Crippen LogP contribution in [-0.4, -0.2) is 75.4 Å². The second-order valence-corrected chi connectivity index (χ2v) is 13.6. The van der Waals surface area contributed by atoms with Crippen LogP contribution in [0.25, 0.3) is 27.5 Å².